The maximum atomic E-state index is 5.80. The average Bonchev–Trinajstić information content (AvgIpc) is 2.89. The fourth-order valence-electron chi connectivity index (χ4n) is 2.88. The van der Waals surface area contributed by atoms with Crippen LogP contribution in [0.1, 0.15) is 43.7 Å². The van der Waals surface area contributed by atoms with Crippen molar-refractivity contribution < 1.29 is 0 Å². The minimum Gasteiger partial charge on any atom is -0.399 e. The molecule has 0 unspecified atom stereocenters. The lowest BCUT2D eigenvalue weighted by molar-refractivity contribution is 0.327. The molecule has 0 bridgehead atoms. The topological polar surface area (TPSA) is 69.6 Å². The van der Waals surface area contributed by atoms with E-state index in [9.17, 15) is 0 Å². The predicted octanol–water partition coefficient (Wildman–Crippen LogP) is 2.74. The van der Waals surface area contributed by atoms with Gasteiger partial charge < -0.3 is 5.73 Å². The van der Waals surface area contributed by atoms with Crippen molar-refractivity contribution in [3.05, 3.63) is 23.8 Å². The molecule has 0 aliphatic heterocycles. The second-order valence-electron chi connectivity index (χ2n) is 5.31. The SMILES string of the molecule is Cc1cc(N)ccc1-c1nnnn1C1CCCCC1. The van der Waals surface area contributed by atoms with E-state index in [1.807, 2.05) is 29.8 Å². The van der Waals surface area contributed by atoms with E-state index in [1.54, 1.807) is 0 Å². The average molecular weight is 257 g/mol. The molecule has 1 heterocycles. The van der Waals surface area contributed by atoms with E-state index in [2.05, 4.69) is 15.5 Å². The van der Waals surface area contributed by atoms with E-state index in [0.29, 0.717) is 6.04 Å². The van der Waals surface area contributed by atoms with Crippen molar-refractivity contribution in [3.63, 3.8) is 0 Å². The Hall–Kier alpha value is -1.91. The third-order valence-electron chi connectivity index (χ3n) is 3.90. The summed E-state index contributed by atoms with van der Waals surface area (Å²) in [7, 11) is 0. The zero-order valence-electron chi connectivity index (χ0n) is 11.2. The molecule has 1 aromatic carbocycles. The van der Waals surface area contributed by atoms with Crippen LogP contribution in [0.2, 0.25) is 0 Å². The van der Waals surface area contributed by atoms with Crippen molar-refractivity contribution in [1.82, 2.24) is 20.2 Å². The molecule has 5 heteroatoms. The Morgan fingerprint density at radius 2 is 2.00 bits per heavy atom. The molecular formula is C14H19N5. The van der Waals surface area contributed by atoms with Gasteiger partial charge in [0.05, 0.1) is 6.04 Å². The molecule has 0 saturated heterocycles. The highest BCUT2D eigenvalue weighted by molar-refractivity contribution is 5.63. The van der Waals surface area contributed by atoms with Crippen molar-refractivity contribution in [2.45, 2.75) is 45.1 Å². The summed E-state index contributed by atoms with van der Waals surface area (Å²) in [5.41, 5.74) is 8.77. The molecule has 2 aromatic rings. The molecule has 2 N–H and O–H groups in total. The smallest absolute Gasteiger partial charge is 0.182 e. The summed E-state index contributed by atoms with van der Waals surface area (Å²) < 4.78 is 2.00. The molecule has 19 heavy (non-hydrogen) atoms. The van der Waals surface area contributed by atoms with E-state index in [-0.39, 0.29) is 0 Å². The van der Waals surface area contributed by atoms with Crippen LogP contribution in [-0.4, -0.2) is 20.2 Å². The van der Waals surface area contributed by atoms with Gasteiger partial charge in [0.2, 0.25) is 0 Å². The summed E-state index contributed by atoms with van der Waals surface area (Å²) in [4.78, 5) is 0. The monoisotopic (exact) mass is 257 g/mol. The molecule has 0 spiro atoms. The molecule has 3 rings (SSSR count). The highest BCUT2D eigenvalue weighted by Crippen LogP contribution is 2.31. The summed E-state index contributed by atoms with van der Waals surface area (Å²) in [5.74, 6) is 0.865. The van der Waals surface area contributed by atoms with E-state index in [4.69, 9.17) is 5.73 Å². The fourth-order valence-corrected chi connectivity index (χ4v) is 2.88. The van der Waals surface area contributed by atoms with Gasteiger partial charge >= 0.3 is 0 Å². The summed E-state index contributed by atoms with van der Waals surface area (Å²) in [5, 5.41) is 12.3. The summed E-state index contributed by atoms with van der Waals surface area (Å²) in [6, 6.07) is 6.32. The third-order valence-corrected chi connectivity index (χ3v) is 3.90. The highest BCUT2D eigenvalue weighted by atomic mass is 15.5. The molecule has 1 aromatic heterocycles. The first-order valence-corrected chi connectivity index (χ1v) is 6.90. The van der Waals surface area contributed by atoms with E-state index in [1.165, 1.54) is 32.1 Å². The van der Waals surface area contributed by atoms with Crippen LogP contribution >= 0.6 is 0 Å². The summed E-state index contributed by atoms with van der Waals surface area (Å²) >= 11 is 0. The summed E-state index contributed by atoms with van der Waals surface area (Å²) in [6.45, 7) is 2.05. The second-order valence-corrected chi connectivity index (χ2v) is 5.31. The van der Waals surface area contributed by atoms with Crippen LogP contribution in [0.15, 0.2) is 18.2 Å². The Bertz CT molecular complexity index is 569. The number of nitrogens with zero attached hydrogens (tertiary/aromatic N) is 4. The van der Waals surface area contributed by atoms with Gasteiger partial charge in [-0.2, -0.15) is 0 Å². The Morgan fingerprint density at radius 1 is 1.21 bits per heavy atom. The first kappa shape index (κ1) is 12.1. The van der Waals surface area contributed by atoms with Crippen molar-refractivity contribution >= 4 is 5.69 Å². The Labute approximate surface area is 112 Å². The lowest BCUT2D eigenvalue weighted by Crippen LogP contribution is -2.15. The van der Waals surface area contributed by atoms with Crippen molar-refractivity contribution in [2.75, 3.05) is 5.73 Å². The Kier molecular flexibility index (Phi) is 3.19. The Balaban J connectivity index is 1.99. The molecular weight excluding hydrogens is 238 g/mol. The third kappa shape index (κ3) is 2.32. The first-order chi connectivity index (χ1) is 9.25. The van der Waals surface area contributed by atoms with Crippen LogP contribution in [0.25, 0.3) is 11.4 Å². The van der Waals surface area contributed by atoms with Crippen LogP contribution in [0, 0.1) is 6.92 Å². The van der Waals surface area contributed by atoms with Gasteiger partial charge in [-0.15, -0.1) is 5.10 Å². The Morgan fingerprint density at radius 3 is 2.74 bits per heavy atom. The first-order valence-electron chi connectivity index (χ1n) is 6.90. The molecule has 0 atom stereocenters. The fraction of sp³-hybridized carbons (Fsp3) is 0.500. The second kappa shape index (κ2) is 4.99. The maximum Gasteiger partial charge on any atom is 0.182 e. The molecule has 100 valence electrons. The van der Waals surface area contributed by atoms with Crippen molar-refractivity contribution in [1.29, 1.82) is 0 Å². The largest absolute Gasteiger partial charge is 0.399 e. The maximum absolute atomic E-state index is 5.80. The lowest BCUT2D eigenvalue weighted by atomic mass is 9.95. The zero-order chi connectivity index (χ0) is 13.2. The number of rotatable bonds is 2. The minimum atomic E-state index is 0.440. The van der Waals surface area contributed by atoms with Gasteiger partial charge in [0, 0.05) is 11.3 Å². The molecule has 0 radical (unpaired) electrons. The van der Waals surface area contributed by atoms with Crippen LogP contribution in [0.3, 0.4) is 0 Å². The zero-order valence-corrected chi connectivity index (χ0v) is 11.2. The van der Waals surface area contributed by atoms with Gasteiger partial charge in [0.1, 0.15) is 0 Å². The minimum absolute atomic E-state index is 0.440. The summed E-state index contributed by atoms with van der Waals surface area (Å²) in [6.07, 6.45) is 6.21. The number of benzene rings is 1. The van der Waals surface area contributed by atoms with Gasteiger partial charge in [0.15, 0.2) is 5.82 Å². The quantitative estimate of drug-likeness (QED) is 0.840. The molecule has 1 saturated carbocycles. The van der Waals surface area contributed by atoms with Gasteiger partial charge in [-0.1, -0.05) is 19.3 Å². The van der Waals surface area contributed by atoms with Crippen molar-refractivity contribution in [3.8, 4) is 11.4 Å². The number of hydrogen-bond donors (Lipinski definition) is 1. The lowest BCUT2D eigenvalue weighted by Gasteiger charge is -2.22. The number of anilines is 1. The molecule has 5 nitrogen and oxygen atoms in total. The van der Waals surface area contributed by atoms with E-state index in [0.717, 1.165) is 22.6 Å². The number of aryl methyl sites for hydroxylation is 1. The van der Waals surface area contributed by atoms with Gasteiger partial charge in [0.25, 0.3) is 0 Å². The number of nitrogen functional groups attached to an aromatic ring is 1. The predicted molar refractivity (Wildman–Crippen MR) is 74.5 cm³/mol. The van der Waals surface area contributed by atoms with Crippen molar-refractivity contribution in [2.24, 2.45) is 0 Å². The standard InChI is InChI=1S/C14H19N5/c1-10-9-11(15)7-8-13(10)14-16-17-18-19(14)12-5-3-2-4-6-12/h7-9,12H,2-6,15H2,1H3. The van der Waals surface area contributed by atoms with Gasteiger partial charge in [-0.3, -0.25) is 0 Å². The molecule has 1 aliphatic rings. The van der Waals surface area contributed by atoms with Gasteiger partial charge in [-0.25, -0.2) is 4.68 Å². The van der Waals surface area contributed by atoms with Crippen LogP contribution in [0.5, 0.6) is 0 Å². The number of tetrazole rings is 1. The van der Waals surface area contributed by atoms with E-state index < -0.39 is 0 Å². The number of aromatic nitrogens is 4. The van der Waals surface area contributed by atoms with Crippen LogP contribution < -0.4 is 5.73 Å². The normalized spacial score (nSPS) is 16.7. The molecule has 0 amide bonds. The highest BCUT2D eigenvalue weighted by Gasteiger charge is 2.21. The molecule has 1 fully saturated rings. The molecule has 1 aliphatic carbocycles. The van der Waals surface area contributed by atoms with Crippen LogP contribution in [-0.2, 0) is 0 Å². The van der Waals surface area contributed by atoms with Gasteiger partial charge in [-0.05, 0) is 54.0 Å². The van der Waals surface area contributed by atoms with Crippen LogP contribution in [0.4, 0.5) is 5.69 Å². The van der Waals surface area contributed by atoms with E-state index >= 15 is 0 Å². The number of nitrogens with two attached hydrogens (primary N) is 1. The number of hydrogen-bond acceptors (Lipinski definition) is 4.